The summed E-state index contributed by atoms with van der Waals surface area (Å²) < 4.78 is 73.2. The predicted molar refractivity (Wildman–Crippen MR) is 120 cm³/mol. The maximum atomic E-state index is 14.1. The van der Waals surface area contributed by atoms with Crippen molar-refractivity contribution < 1.29 is 36.3 Å². The highest BCUT2D eigenvalue weighted by atomic mass is 35.5. The fourth-order valence-corrected chi connectivity index (χ4v) is 4.70. The van der Waals surface area contributed by atoms with Gasteiger partial charge in [-0.1, -0.05) is 11.6 Å². The summed E-state index contributed by atoms with van der Waals surface area (Å²) in [6.07, 6.45) is -3.71. The highest BCUT2D eigenvalue weighted by molar-refractivity contribution is 6.31. The molecule has 11 heteroatoms. The van der Waals surface area contributed by atoms with Gasteiger partial charge in [0.05, 0.1) is 23.8 Å². The van der Waals surface area contributed by atoms with Crippen LogP contribution in [0.25, 0.3) is 0 Å². The van der Waals surface area contributed by atoms with Crippen molar-refractivity contribution in [2.75, 3.05) is 11.9 Å². The number of benzene rings is 3. The smallest absolute Gasteiger partial charge is 0.416 e. The molecule has 186 valence electrons. The van der Waals surface area contributed by atoms with E-state index in [9.17, 15) is 31.5 Å². The minimum absolute atomic E-state index is 0.0840. The molecule has 2 amide bonds. The third-order valence-corrected chi connectivity index (χ3v) is 6.37. The number of amides is 2. The molecule has 2 N–H and O–H groups in total. The van der Waals surface area contributed by atoms with Crippen LogP contribution in [-0.2, 0) is 12.6 Å². The molecular formula is C25H16ClF5N2O3. The second kappa shape index (κ2) is 8.77. The third kappa shape index (κ3) is 4.26. The van der Waals surface area contributed by atoms with Gasteiger partial charge in [-0.25, -0.2) is 8.78 Å². The molecule has 0 saturated heterocycles. The Balaban J connectivity index is 1.64. The Morgan fingerprint density at radius 1 is 1.08 bits per heavy atom. The van der Waals surface area contributed by atoms with Crippen LogP contribution in [0.2, 0.25) is 5.02 Å². The van der Waals surface area contributed by atoms with E-state index in [4.69, 9.17) is 16.3 Å². The van der Waals surface area contributed by atoms with Crippen molar-refractivity contribution in [2.24, 2.45) is 0 Å². The van der Waals surface area contributed by atoms with E-state index in [0.29, 0.717) is 42.9 Å². The first-order valence-corrected chi connectivity index (χ1v) is 11.2. The zero-order chi connectivity index (χ0) is 25.8. The molecule has 1 unspecified atom stereocenters. The zero-order valence-electron chi connectivity index (χ0n) is 18.2. The number of rotatable bonds is 3. The Morgan fingerprint density at radius 2 is 1.86 bits per heavy atom. The van der Waals surface area contributed by atoms with E-state index in [2.05, 4.69) is 10.6 Å². The van der Waals surface area contributed by atoms with E-state index in [0.717, 1.165) is 12.1 Å². The molecule has 0 saturated carbocycles. The van der Waals surface area contributed by atoms with Crippen molar-refractivity contribution in [1.82, 2.24) is 5.32 Å². The summed E-state index contributed by atoms with van der Waals surface area (Å²) in [5.41, 5.74) is -0.662. The number of halogens is 6. The molecule has 2 aliphatic heterocycles. The first kappa shape index (κ1) is 24.1. The van der Waals surface area contributed by atoms with Crippen LogP contribution in [0.15, 0.2) is 42.5 Å². The molecule has 0 aliphatic carbocycles. The SMILES string of the molecule is O=C(Nc1cc2c(c3c1C(c1cc(F)ccc1Cl)NC3=O)OCCC2)c1cc(F)cc(C(F)(F)F)c1. The van der Waals surface area contributed by atoms with Gasteiger partial charge in [0, 0.05) is 27.4 Å². The number of alkyl halides is 3. The predicted octanol–water partition coefficient (Wildman–Crippen LogP) is 6.05. The molecule has 3 aromatic rings. The second-order valence-electron chi connectivity index (χ2n) is 8.41. The molecule has 2 heterocycles. The normalized spacial score (nSPS) is 16.6. The van der Waals surface area contributed by atoms with Crippen LogP contribution in [0.4, 0.5) is 27.6 Å². The topological polar surface area (TPSA) is 67.4 Å². The molecule has 2 aliphatic rings. The van der Waals surface area contributed by atoms with Crippen LogP contribution in [0, 0.1) is 11.6 Å². The van der Waals surface area contributed by atoms with E-state index in [1.165, 1.54) is 6.07 Å². The molecule has 1 atom stereocenters. The van der Waals surface area contributed by atoms with Gasteiger partial charge in [0.1, 0.15) is 17.4 Å². The molecular weight excluding hydrogens is 507 g/mol. The van der Waals surface area contributed by atoms with Crippen molar-refractivity contribution in [3.8, 4) is 5.75 Å². The van der Waals surface area contributed by atoms with E-state index < -0.39 is 46.8 Å². The summed E-state index contributed by atoms with van der Waals surface area (Å²) in [7, 11) is 0. The van der Waals surface area contributed by atoms with Gasteiger partial charge in [-0.15, -0.1) is 0 Å². The van der Waals surface area contributed by atoms with Gasteiger partial charge in [0.2, 0.25) is 0 Å². The third-order valence-electron chi connectivity index (χ3n) is 6.03. The molecule has 0 spiro atoms. The lowest BCUT2D eigenvalue weighted by Gasteiger charge is -2.23. The molecule has 36 heavy (non-hydrogen) atoms. The van der Waals surface area contributed by atoms with Crippen LogP contribution in [0.3, 0.4) is 0 Å². The fourth-order valence-electron chi connectivity index (χ4n) is 4.47. The Bertz CT molecular complexity index is 1420. The highest BCUT2D eigenvalue weighted by Crippen LogP contribution is 2.46. The van der Waals surface area contributed by atoms with E-state index in [-0.39, 0.29) is 33.5 Å². The summed E-state index contributed by atoms with van der Waals surface area (Å²) in [6.45, 7) is 0.354. The number of carbonyl (C=O) groups excluding carboxylic acids is 2. The lowest BCUT2D eigenvalue weighted by Crippen LogP contribution is -2.21. The minimum atomic E-state index is -4.86. The van der Waals surface area contributed by atoms with Gasteiger partial charge in [-0.05, 0) is 60.9 Å². The van der Waals surface area contributed by atoms with E-state index in [1.807, 2.05) is 0 Å². The Labute approximate surface area is 206 Å². The maximum Gasteiger partial charge on any atom is 0.416 e. The zero-order valence-corrected chi connectivity index (χ0v) is 19.0. The first-order chi connectivity index (χ1) is 17.0. The molecule has 5 nitrogen and oxygen atoms in total. The van der Waals surface area contributed by atoms with Crippen molar-refractivity contribution in [2.45, 2.75) is 25.1 Å². The monoisotopic (exact) mass is 522 g/mol. The van der Waals surface area contributed by atoms with E-state index in [1.54, 1.807) is 6.07 Å². The van der Waals surface area contributed by atoms with Crippen molar-refractivity contribution >= 4 is 29.1 Å². The van der Waals surface area contributed by atoms with Crippen LogP contribution >= 0.6 is 11.6 Å². The number of anilines is 1. The summed E-state index contributed by atoms with van der Waals surface area (Å²) >= 11 is 6.28. The number of hydrogen-bond acceptors (Lipinski definition) is 3. The Hall–Kier alpha value is -3.66. The highest BCUT2D eigenvalue weighted by Gasteiger charge is 2.39. The van der Waals surface area contributed by atoms with Crippen LogP contribution in [-0.4, -0.2) is 18.4 Å². The van der Waals surface area contributed by atoms with Crippen LogP contribution in [0.1, 0.15) is 55.4 Å². The summed E-state index contributed by atoms with van der Waals surface area (Å²) in [5, 5.41) is 5.37. The second-order valence-corrected chi connectivity index (χ2v) is 8.81. The standard InChI is InChI=1S/C25H16ClF5N2O3/c26-17-4-3-14(27)10-16(17)21-19-18(8-11-2-1-5-36-22(11)20(19)24(35)33-21)32-23(34)12-6-13(25(29,30)31)9-15(28)7-12/h3-4,6-10,21H,1-2,5H2,(H,32,34)(H,33,35). The fraction of sp³-hybridized carbons (Fsp3) is 0.200. The van der Waals surface area contributed by atoms with Crippen molar-refractivity contribution in [3.05, 3.63) is 92.5 Å². The van der Waals surface area contributed by atoms with Gasteiger partial charge in [0.25, 0.3) is 11.8 Å². The first-order valence-electron chi connectivity index (χ1n) is 10.8. The van der Waals surface area contributed by atoms with Gasteiger partial charge in [0.15, 0.2) is 0 Å². The van der Waals surface area contributed by atoms with Gasteiger partial charge < -0.3 is 15.4 Å². The van der Waals surface area contributed by atoms with Gasteiger partial charge in [-0.2, -0.15) is 13.2 Å². The van der Waals surface area contributed by atoms with Gasteiger partial charge in [-0.3, -0.25) is 9.59 Å². The van der Waals surface area contributed by atoms with E-state index >= 15 is 0 Å². The number of ether oxygens (including phenoxy) is 1. The maximum absolute atomic E-state index is 14.1. The van der Waals surface area contributed by atoms with Crippen LogP contribution < -0.4 is 15.4 Å². The minimum Gasteiger partial charge on any atom is -0.492 e. The number of nitrogens with one attached hydrogen (secondary N) is 2. The number of fused-ring (bicyclic) bond motifs is 3. The molecule has 3 aromatic carbocycles. The number of carbonyl (C=O) groups is 2. The number of aryl methyl sites for hydroxylation is 1. The Kier molecular flexibility index (Phi) is 5.86. The quantitative estimate of drug-likeness (QED) is 0.412. The van der Waals surface area contributed by atoms with Gasteiger partial charge >= 0.3 is 6.18 Å². The number of hydrogen-bond donors (Lipinski definition) is 2. The van der Waals surface area contributed by atoms with Crippen molar-refractivity contribution in [1.29, 1.82) is 0 Å². The molecule has 0 fully saturated rings. The van der Waals surface area contributed by atoms with Crippen LogP contribution in [0.5, 0.6) is 5.75 Å². The largest absolute Gasteiger partial charge is 0.492 e. The Morgan fingerprint density at radius 3 is 2.61 bits per heavy atom. The molecule has 0 radical (unpaired) electrons. The lowest BCUT2D eigenvalue weighted by molar-refractivity contribution is -0.137. The summed E-state index contributed by atoms with van der Waals surface area (Å²) in [5.74, 6) is -3.11. The summed E-state index contributed by atoms with van der Waals surface area (Å²) in [4.78, 5) is 26.0. The molecule has 5 rings (SSSR count). The summed E-state index contributed by atoms with van der Waals surface area (Å²) in [6, 6.07) is 5.65. The molecule has 0 aromatic heterocycles. The van der Waals surface area contributed by atoms with Crippen molar-refractivity contribution in [3.63, 3.8) is 0 Å². The average molecular weight is 523 g/mol. The average Bonchev–Trinajstić information content (AvgIpc) is 3.17. The molecule has 0 bridgehead atoms. The lowest BCUT2D eigenvalue weighted by atomic mass is 9.91.